The van der Waals surface area contributed by atoms with Crippen LogP contribution in [0.2, 0.25) is 0 Å². The molecule has 0 N–H and O–H groups in total. The van der Waals surface area contributed by atoms with Gasteiger partial charge in [-0.25, -0.2) is 0 Å². The molecule has 0 bridgehead atoms. The van der Waals surface area contributed by atoms with E-state index in [-0.39, 0.29) is 0 Å². The fraction of sp³-hybridized carbons (Fsp3) is 0. The number of hydrogen-bond acceptors (Lipinski definition) is 8. The molecule has 0 aliphatic carbocycles. The van der Waals surface area contributed by atoms with Gasteiger partial charge in [0.05, 0.1) is 25.4 Å². The number of thioether (sulfide) groups is 4. The SMILES string of the molecule is SC1=C(S)SC(=C2SC(S)=C(S)S2)S1. The average Bonchev–Trinajstić information content (AvgIpc) is 2.60. The maximum atomic E-state index is 4.33. The van der Waals surface area contributed by atoms with E-state index in [1.807, 2.05) is 0 Å². The van der Waals surface area contributed by atoms with Crippen LogP contribution in [0.1, 0.15) is 0 Å². The predicted molar refractivity (Wildman–Crippen MR) is 87.4 cm³/mol. The van der Waals surface area contributed by atoms with Crippen LogP contribution in [-0.2, 0) is 0 Å². The molecule has 14 heavy (non-hydrogen) atoms. The lowest BCUT2D eigenvalue weighted by atomic mass is 11.2. The maximum absolute atomic E-state index is 4.33. The summed E-state index contributed by atoms with van der Waals surface area (Å²) in [6.07, 6.45) is 0. The van der Waals surface area contributed by atoms with Crippen molar-refractivity contribution in [3.05, 3.63) is 25.4 Å². The lowest BCUT2D eigenvalue weighted by Gasteiger charge is -1.99. The zero-order valence-corrected chi connectivity index (χ0v) is 13.3. The molecule has 2 heterocycles. The number of hydrogen-bond donors (Lipinski definition) is 4. The maximum Gasteiger partial charge on any atom is 0.0717 e. The Morgan fingerprint density at radius 3 is 0.929 bits per heavy atom. The van der Waals surface area contributed by atoms with Crippen LogP contribution in [0.3, 0.4) is 0 Å². The molecule has 2 rings (SSSR count). The Morgan fingerprint density at radius 1 is 0.500 bits per heavy atom. The van der Waals surface area contributed by atoms with E-state index in [1.54, 1.807) is 47.0 Å². The third-order valence-electron chi connectivity index (χ3n) is 1.29. The van der Waals surface area contributed by atoms with E-state index < -0.39 is 0 Å². The largest absolute Gasteiger partial charge is 0.135 e. The van der Waals surface area contributed by atoms with Crippen molar-refractivity contribution >= 4 is 97.6 Å². The first-order valence-corrected chi connectivity index (χ1v) is 8.33. The molecule has 0 nitrogen and oxygen atoms in total. The van der Waals surface area contributed by atoms with Crippen molar-refractivity contribution < 1.29 is 0 Å². The monoisotopic (exact) mass is 332 g/mol. The molecular formula is C6H4S8. The van der Waals surface area contributed by atoms with E-state index in [0.29, 0.717) is 0 Å². The molecule has 0 radical (unpaired) electrons. The van der Waals surface area contributed by atoms with Crippen molar-refractivity contribution in [2.45, 2.75) is 0 Å². The molecule has 0 fully saturated rings. The Morgan fingerprint density at radius 2 is 0.714 bits per heavy atom. The fourth-order valence-corrected chi connectivity index (χ4v) is 7.34. The van der Waals surface area contributed by atoms with Gasteiger partial charge in [-0.2, -0.15) is 0 Å². The first kappa shape index (κ1) is 12.5. The van der Waals surface area contributed by atoms with Gasteiger partial charge in [0.1, 0.15) is 0 Å². The quantitative estimate of drug-likeness (QED) is 0.458. The minimum Gasteiger partial charge on any atom is -0.135 e. The second kappa shape index (κ2) is 5.12. The lowest BCUT2D eigenvalue weighted by molar-refractivity contribution is 2.37. The highest BCUT2D eigenvalue weighted by atomic mass is 32.2. The molecule has 0 amide bonds. The summed E-state index contributed by atoms with van der Waals surface area (Å²) in [4.78, 5) is 0. The first-order valence-electron chi connectivity index (χ1n) is 3.28. The second-order valence-corrected chi connectivity index (χ2v) is 9.80. The van der Waals surface area contributed by atoms with Crippen LogP contribution in [-0.4, -0.2) is 0 Å². The summed E-state index contributed by atoms with van der Waals surface area (Å²) in [5.41, 5.74) is 0. The van der Waals surface area contributed by atoms with Gasteiger partial charge in [-0.15, -0.1) is 50.5 Å². The van der Waals surface area contributed by atoms with Gasteiger partial charge in [-0.1, -0.05) is 47.0 Å². The normalized spacial score (nSPS) is 23.1. The topological polar surface area (TPSA) is 0 Å². The average molecular weight is 333 g/mol. The van der Waals surface area contributed by atoms with Gasteiger partial charge in [-0.3, -0.25) is 0 Å². The molecule has 0 saturated heterocycles. The molecule has 0 aromatic rings. The van der Waals surface area contributed by atoms with Gasteiger partial charge in [0.15, 0.2) is 0 Å². The Balaban J connectivity index is 2.17. The molecule has 2 aliphatic rings. The van der Waals surface area contributed by atoms with Gasteiger partial charge in [0.2, 0.25) is 0 Å². The van der Waals surface area contributed by atoms with Crippen LogP contribution in [0.15, 0.2) is 25.4 Å². The molecule has 0 aromatic carbocycles. The first-order chi connectivity index (χ1) is 6.58. The van der Waals surface area contributed by atoms with Crippen LogP contribution in [0.25, 0.3) is 0 Å². The van der Waals surface area contributed by atoms with Crippen LogP contribution in [0.5, 0.6) is 0 Å². The van der Waals surface area contributed by atoms with E-state index in [0.717, 1.165) is 16.9 Å². The molecule has 0 spiro atoms. The summed E-state index contributed by atoms with van der Waals surface area (Å²) in [6.45, 7) is 0. The van der Waals surface area contributed by atoms with Crippen molar-refractivity contribution in [3.8, 4) is 0 Å². The van der Waals surface area contributed by atoms with Crippen LogP contribution < -0.4 is 0 Å². The third-order valence-corrected chi connectivity index (χ3v) is 9.16. The number of thiol groups is 4. The van der Waals surface area contributed by atoms with Crippen molar-refractivity contribution in [1.82, 2.24) is 0 Å². The van der Waals surface area contributed by atoms with E-state index in [9.17, 15) is 0 Å². The van der Waals surface area contributed by atoms with Gasteiger partial charge in [-0.05, 0) is 0 Å². The van der Waals surface area contributed by atoms with Gasteiger partial charge in [0, 0.05) is 0 Å². The Bertz CT molecular complexity index is 307. The Hall–Kier alpha value is 2.02. The zero-order chi connectivity index (χ0) is 10.3. The molecule has 2 aliphatic heterocycles. The van der Waals surface area contributed by atoms with Gasteiger partial charge >= 0.3 is 0 Å². The van der Waals surface area contributed by atoms with Crippen LogP contribution in [0, 0.1) is 0 Å². The van der Waals surface area contributed by atoms with Crippen molar-refractivity contribution in [3.63, 3.8) is 0 Å². The second-order valence-electron chi connectivity index (χ2n) is 2.20. The molecular weight excluding hydrogens is 329 g/mol. The Kier molecular flexibility index (Phi) is 4.56. The summed E-state index contributed by atoms with van der Waals surface area (Å²) in [7, 11) is 0. The van der Waals surface area contributed by atoms with Crippen LogP contribution in [0.4, 0.5) is 0 Å². The van der Waals surface area contributed by atoms with Gasteiger partial charge in [0.25, 0.3) is 0 Å². The van der Waals surface area contributed by atoms with E-state index in [2.05, 4.69) is 50.5 Å². The zero-order valence-electron chi connectivity index (χ0n) is 6.42. The Labute approximate surface area is 122 Å². The van der Waals surface area contributed by atoms with Crippen molar-refractivity contribution in [1.29, 1.82) is 0 Å². The standard InChI is InChI=1S/C6H4S8/c7-1-2(8)12-5(11-1)6-13-3(9)4(10)14-6/h7-10H. The minimum atomic E-state index is 0.968. The molecule has 0 saturated carbocycles. The molecule has 0 aromatic heterocycles. The highest BCUT2D eigenvalue weighted by Crippen LogP contribution is 2.62. The van der Waals surface area contributed by atoms with Crippen LogP contribution >= 0.6 is 97.6 Å². The van der Waals surface area contributed by atoms with Gasteiger partial charge < -0.3 is 0 Å². The summed E-state index contributed by atoms with van der Waals surface area (Å²) in [5, 5.41) is 0. The third kappa shape index (κ3) is 2.64. The van der Waals surface area contributed by atoms with E-state index in [4.69, 9.17) is 0 Å². The highest BCUT2D eigenvalue weighted by Gasteiger charge is 2.25. The summed E-state index contributed by atoms with van der Waals surface area (Å²) >= 11 is 23.9. The summed E-state index contributed by atoms with van der Waals surface area (Å²) < 4.78 is 6.33. The minimum absolute atomic E-state index is 0.968. The van der Waals surface area contributed by atoms with Crippen molar-refractivity contribution in [2.24, 2.45) is 0 Å². The van der Waals surface area contributed by atoms with Crippen molar-refractivity contribution in [2.75, 3.05) is 0 Å². The van der Waals surface area contributed by atoms with E-state index in [1.165, 1.54) is 8.47 Å². The lowest BCUT2D eigenvalue weighted by Crippen LogP contribution is -1.65. The number of rotatable bonds is 0. The summed E-state index contributed by atoms with van der Waals surface area (Å²) in [5.74, 6) is 0. The highest BCUT2D eigenvalue weighted by molar-refractivity contribution is 8.42. The summed E-state index contributed by atoms with van der Waals surface area (Å²) in [6, 6.07) is 0. The fourth-order valence-electron chi connectivity index (χ4n) is 0.734. The smallest absolute Gasteiger partial charge is 0.0717 e. The molecule has 8 heteroatoms. The predicted octanol–water partition coefficient (Wildman–Crippen LogP) is 5.05. The molecule has 0 atom stereocenters. The molecule has 76 valence electrons. The molecule has 0 unspecified atom stereocenters. The van der Waals surface area contributed by atoms with E-state index >= 15 is 0 Å².